The van der Waals surface area contributed by atoms with Crippen LogP contribution in [-0.2, 0) is 9.53 Å². The summed E-state index contributed by atoms with van der Waals surface area (Å²) in [5, 5.41) is 8.45. The number of carbonyl (C=O) groups is 2. The average Bonchev–Trinajstić information content (AvgIpc) is 3.84. The topological polar surface area (TPSA) is 128 Å². The SMILES string of the molecule is COC(=O)N[C@H](C(=O)N1[C@@H]2CC2C#C[C@H]1c1ncc(-c2ccc(-c3ccc4c(ccc5[nH]c([C@@H]6C[C@@H]7CC7N6)nc54)c3)cc2F)[nH]1)C(C)C. The fourth-order valence-electron chi connectivity index (χ4n) is 7.67. The Morgan fingerprint density at radius 3 is 2.63 bits per heavy atom. The normalized spacial score (nSPS) is 25.4. The standard InChI is InChI=1S/C38H36FN7O3/c1-18(2)33(45-38(48)49-3)37(47)46-31(11-7-22-16-32(22)46)36-40-17-30(43-36)25-9-5-20(13-26(25)39)19-4-8-24-21(12-19)6-10-27-34(24)44-35(42-27)29-15-23-14-28(23)41-29/h4-6,8-10,12-13,17-18,22-23,28-29,31-33,41H,14-16H2,1-3H3,(H,40,43)(H,42,44)(H,45,48)/t22?,23-,28?,29-,31-,32+,33-/m0/s1. The van der Waals surface area contributed by atoms with Gasteiger partial charge in [-0.3, -0.25) is 4.79 Å². The predicted molar refractivity (Wildman–Crippen MR) is 182 cm³/mol. The minimum atomic E-state index is -0.784. The average molecular weight is 658 g/mol. The summed E-state index contributed by atoms with van der Waals surface area (Å²) in [5.41, 5.74) is 4.49. The molecule has 4 N–H and O–H groups in total. The molecular weight excluding hydrogens is 621 g/mol. The van der Waals surface area contributed by atoms with Crippen LogP contribution in [0.25, 0.3) is 44.2 Å². The Hall–Kier alpha value is -5.21. The van der Waals surface area contributed by atoms with Crippen molar-refractivity contribution in [1.82, 2.24) is 35.5 Å². The molecule has 2 unspecified atom stereocenters. The van der Waals surface area contributed by atoms with Crippen LogP contribution in [0.1, 0.15) is 56.8 Å². The molecule has 2 amide bonds. The van der Waals surface area contributed by atoms with Crippen molar-refractivity contribution in [1.29, 1.82) is 0 Å². The molecule has 2 aliphatic carbocycles. The lowest BCUT2D eigenvalue weighted by molar-refractivity contribution is -0.137. The molecule has 49 heavy (non-hydrogen) atoms. The summed E-state index contributed by atoms with van der Waals surface area (Å²) in [5.74, 6) is 7.95. The summed E-state index contributed by atoms with van der Waals surface area (Å²) < 4.78 is 20.6. The molecule has 248 valence electrons. The number of H-pyrrole nitrogens is 2. The van der Waals surface area contributed by atoms with Gasteiger partial charge in [0.25, 0.3) is 0 Å². The number of amides is 2. The third kappa shape index (κ3) is 5.13. The molecule has 1 saturated heterocycles. The quantitative estimate of drug-likeness (QED) is 0.159. The number of nitrogens with zero attached hydrogens (tertiary/aromatic N) is 3. The van der Waals surface area contributed by atoms with Gasteiger partial charge in [0.15, 0.2) is 6.04 Å². The molecule has 7 atom stereocenters. The van der Waals surface area contributed by atoms with Crippen LogP contribution in [0.4, 0.5) is 9.18 Å². The summed E-state index contributed by atoms with van der Waals surface area (Å²) in [7, 11) is 1.27. The number of alkyl carbamates (subject to hydrolysis) is 1. The van der Waals surface area contributed by atoms with Gasteiger partial charge in [-0.2, -0.15) is 0 Å². The van der Waals surface area contributed by atoms with E-state index in [4.69, 9.17) is 9.72 Å². The largest absolute Gasteiger partial charge is 0.453 e. The molecule has 10 nitrogen and oxygen atoms in total. The molecule has 2 aromatic heterocycles. The molecule has 3 fully saturated rings. The number of hydrogen-bond acceptors (Lipinski definition) is 6. The van der Waals surface area contributed by atoms with Crippen LogP contribution in [0.15, 0.2) is 54.7 Å². The van der Waals surface area contributed by atoms with Gasteiger partial charge >= 0.3 is 6.09 Å². The van der Waals surface area contributed by atoms with Crippen molar-refractivity contribution in [3.8, 4) is 34.2 Å². The molecule has 11 heteroatoms. The molecule has 4 aliphatic rings. The van der Waals surface area contributed by atoms with E-state index in [0.717, 1.165) is 57.5 Å². The van der Waals surface area contributed by atoms with Crippen molar-refractivity contribution in [2.24, 2.45) is 17.8 Å². The van der Waals surface area contributed by atoms with Crippen molar-refractivity contribution in [2.75, 3.05) is 7.11 Å². The highest BCUT2D eigenvalue weighted by Crippen LogP contribution is 2.46. The summed E-state index contributed by atoms with van der Waals surface area (Å²) in [6.45, 7) is 3.74. The van der Waals surface area contributed by atoms with E-state index in [0.29, 0.717) is 23.1 Å². The van der Waals surface area contributed by atoms with E-state index >= 15 is 4.39 Å². The van der Waals surface area contributed by atoms with E-state index in [2.05, 4.69) is 61.7 Å². The number of imidazole rings is 2. The van der Waals surface area contributed by atoms with Crippen molar-refractivity contribution < 1.29 is 18.7 Å². The van der Waals surface area contributed by atoms with Gasteiger partial charge in [-0.15, -0.1) is 0 Å². The van der Waals surface area contributed by atoms with Gasteiger partial charge in [0, 0.05) is 29.0 Å². The Labute approximate surface area is 282 Å². The fraction of sp³-hybridized carbons (Fsp3) is 0.368. The van der Waals surface area contributed by atoms with Crippen LogP contribution in [-0.4, -0.2) is 62.1 Å². The molecule has 2 saturated carbocycles. The number of aromatic nitrogens is 4. The second-order valence-electron chi connectivity index (χ2n) is 14.2. The summed E-state index contributed by atoms with van der Waals surface area (Å²) in [4.78, 5) is 43.9. The third-order valence-corrected chi connectivity index (χ3v) is 10.6. The number of rotatable bonds is 7. The van der Waals surface area contributed by atoms with E-state index in [1.54, 1.807) is 17.2 Å². The van der Waals surface area contributed by atoms with E-state index in [1.165, 1.54) is 19.6 Å². The van der Waals surface area contributed by atoms with Crippen molar-refractivity contribution in [3.05, 3.63) is 72.2 Å². The van der Waals surface area contributed by atoms with Crippen LogP contribution in [0.2, 0.25) is 0 Å². The second-order valence-corrected chi connectivity index (χ2v) is 14.2. The first-order chi connectivity index (χ1) is 23.7. The lowest BCUT2D eigenvalue weighted by atomic mass is 9.99. The number of ether oxygens (including phenoxy) is 1. The van der Waals surface area contributed by atoms with Gasteiger partial charge in [0.2, 0.25) is 5.91 Å². The van der Waals surface area contributed by atoms with Crippen LogP contribution < -0.4 is 10.6 Å². The van der Waals surface area contributed by atoms with Gasteiger partial charge in [0.1, 0.15) is 23.5 Å². The monoisotopic (exact) mass is 657 g/mol. The Morgan fingerprint density at radius 1 is 1.02 bits per heavy atom. The number of carbonyl (C=O) groups excluding carboxylic acids is 2. The number of hydrogen-bond donors (Lipinski definition) is 4. The maximum atomic E-state index is 15.8. The number of benzene rings is 3. The van der Waals surface area contributed by atoms with Gasteiger partial charge in [-0.25, -0.2) is 19.2 Å². The molecule has 9 rings (SSSR count). The smallest absolute Gasteiger partial charge is 0.407 e. The Bertz CT molecular complexity index is 2220. The van der Waals surface area contributed by atoms with E-state index < -0.39 is 24.0 Å². The molecule has 3 aromatic carbocycles. The molecule has 4 heterocycles. The number of aromatic amines is 2. The molecule has 5 aromatic rings. The first-order valence-electron chi connectivity index (χ1n) is 17.0. The zero-order valence-electron chi connectivity index (χ0n) is 27.4. The zero-order valence-corrected chi connectivity index (χ0v) is 27.4. The molecule has 0 bridgehead atoms. The van der Waals surface area contributed by atoms with Crippen LogP contribution >= 0.6 is 0 Å². The van der Waals surface area contributed by atoms with E-state index in [1.807, 2.05) is 26.0 Å². The second kappa shape index (κ2) is 11.2. The van der Waals surface area contributed by atoms with Gasteiger partial charge < -0.3 is 30.2 Å². The molecule has 2 aliphatic heterocycles. The Morgan fingerprint density at radius 2 is 1.86 bits per heavy atom. The Balaban J connectivity index is 0.969. The molecule has 0 radical (unpaired) electrons. The third-order valence-electron chi connectivity index (χ3n) is 10.6. The molecular formula is C38H36FN7O3. The van der Waals surface area contributed by atoms with Gasteiger partial charge in [-0.1, -0.05) is 50.0 Å². The first kappa shape index (κ1) is 29.9. The van der Waals surface area contributed by atoms with Crippen LogP contribution in [0.3, 0.4) is 0 Å². The maximum Gasteiger partial charge on any atom is 0.407 e. The first-order valence-corrected chi connectivity index (χ1v) is 17.0. The number of halogens is 1. The summed E-state index contributed by atoms with van der Waals surface area (Å²) >= 11 is 0. The van der Waals surface area contributed by atoms with Gasteiger partial charge in [0.05, 0.1) is 36.1 Å². The number of piperidine rings is 1. The zero-order chi connectivity index (χ0) is 33.6. The predicted octanol–water partition coefficient (Wildman–Crippen LogP) is 5.99. The minimum Gasteiger partial charge on any atom is -0.453 e. The van der Waals surface area contributed by atoms with Crippen molar-refractivity contribution >= 4 is 33.8 Å². The lowest BCUT2D eigenvalue weighted by Gasteiger charge is -2.34. The lowest BCUT2D eigenvalue weighted by Crippen LogP contribution is -2.53. The number of fused-ring (bicyclic) bond motifs is 5. The summed E-state index contributed by atoms with van der Waals surface area (Å²) in [6, 6.07) is 14.9. The van der Waals surface area contributed by atoms with Crippen LogP contribution in [0, 0.1) is 35.4 Å². The highest BCUT2D eigenvalue weighted by Gasteiger charge is 2.51. The van der Waals surface area contributed by atoms with Gasteiger partial charge in [-0.05, 0) is 71.9 Å². The van der Waals surface area contributed by atoms with Crippen molar-refractivity contribution in [3.63, 3.8) is 0 Å². The Kier molecular flexibility index (Phi) is 6.81. The van der Waals surface area contributed by atoms with E-state index in [9.17, 15) is 9.59 Å². The van der Waals surface area contributed by atoms with Crippen LogP contribution in [0.5, 0.6) is 0 Å². The van der Waals surface area contributed by atoms with Crippen molar-refractivity contribution in [2.45, 2.75) is 63.3 Å². The molecule has 0 spiro atoms. The number of nitrogens with one attached hydrogen (secondary N) is 4. The minimum absolute atomic E-state index is 0.0630. The van der Waals surface area contributed by atoms with E-state index in [-0.39, 0.29) is 29.8 Å². The summed E-state index contributed by atoms with van der Waals surface area (Å²) in [6.07, 6.45) is 4.09. The number of methoxy groups -OCH3 is 1. The maximum absolute atomic E-state index is 15.8. The highest BCUT2D eigenvalue weighted by molar-refractivity contribution is 6.05. The highest BCUT2D eigenvalue weighted by atomic mass is 19.1. The fourth-order valence-corrected chi connectivity index (χ4v) is 7.67.